The van der Waals surface area contributed by atoms with E-state index in [1.54, 1.807) is 33.1 Å². The van der Waals surface area contributed by atoms with Crippen LogP contribution in [0.4, 0.5) is 4.39 Å². The maximum Gasteiger partial charge on any atom is 0.273 e. The fourth-order valence-corrected chi connectivity index (χ4v) is 5.58. The molecule has 0 saturated heterocycles. The van der Waals surface area contributed by atoms with E-state index >= 15 is 0 Å². The molecule has 6 nitrogen and oxygen atoms in total. The van der Waals surface area contributed by atoms with E-state index in [9.17, 15) is 14.0 Å². The molecule has 1 atom stereocenters. The number of carbonyl (C=O) groups excluding carboxylic acids is 2. The Morgan fingerprint density at radius 3 is 2.77 bits per heavy atom. The maximum absolute atomic E-state index is 13.7. The first-order chi connectivity index (χ1) is 16.9. The molecule has 0 spiro atoms. The molecule has 0 saturated carbocycles. The lowest BCUT2D eigenvalue weighted by Gasteiger charge is -2.43. The second kappa shape index (κ2) is 9.77. The number of rotatable bonds is 7. The highest BCUT2D eigenvalue weighted by Crippen LogP contribution is 2.32. The Morgan fingerprint density at radius 1 is 1.23 bits per heavy atom. The smallest absolute Gasteiger partial charge is 0.273 e. The van der Waals surface area contributed by atoms with Crippen LogP contribution in [0.15, 0.2) is 59.5 Å². The van der Waals surface area contributed by atoms with Crippen LogP contribution >= 0.6 is 11.3 Å². The van der Waals surface area contributed by atoms with E-state index in [-0.39, 0.29) is 30.7 Å². The van der Waals surface area contributed by atoms with Crippen LogP contribution < -0.4 is 5.32 Å². The van der Waals surface area contributed by atoms with E-state index in [1.165, 1.54) is 30.5 Å². The molecule has 0 unspecified atom stereocenters. The van der Waals surface area contributed by atoms with Crippen LogP contribution in [0, 0.1) is 5.82 Å². The van der Waals surface area contributed by atoms with Gasteiger partial charge in [0.1, 0.15) is 22.7 Å². The Hall–Kier alpha value is -3.26. The van der Waals surface area contributed by atoms with Gasteiger partial charge in [0.2, 0.25) is 5.91 Å². The van der Waals surface area contributed by atoms with Crippen LogP contribution in [0.3, 0.4) is 0 Å². The van der Waals surface area contributed by atoms with E-state index in [1.807, 2.05) is 30.5 Å². The number of nitrogens with zero attached hydrogens (tertiary/aromatic N) is 3. The predicted octanol–water partition coefficient (Wildman–Crippen LogP) is 5.17. The van der Waals surface area contributed by atoms with Crippen molar-refractivity contribution in [2.24, 2.45) is 0 Å². The summed E-state index contributed by atoms with van der Waals surface area (Å²) in [5, 5.41) is 9.63. The van der Waals surface area contributed by atoms with Gasteiger partial charge in [0.25, 0.3) is 5.91 Å². The van der Waals surface area contributed by atoms with Gasteiger partial charge in [-0.1, -0.05) is 29.8 Å². The standard InChI is InChI=1S/C27H29FN4O2S/c1-27(26(34)29-17-20-9-11-21(28)12-10-20)18-32-23(16-22(30-32)24-8-5-15-35-24)25(33)31(27)14-13-19-6-3-2-4-7-19/h5-6,8-12,15-16H,2-4,7,13-14,17-18H2,1H3,(H,29,34)/t27-/m1/s1. The van der Waals surface area contributed by atoms with Gasteiger partial charge in [0.05, 0.1) is 11.4 Å². The van der Waals surface area contributed by atoms with Gasteiger partial charge in [-0.3, -0.25) is 14.3 Å². The first-order valence-electron chi connectivity index (χ1n) is 12.1. The largest absolute Gasteiger partial charge is 0.350 e. The summed E-state index contributed by atoms with van der Waals surface area (Å²) in [7, 11) is 0. The molecule has 1 N–H and O–H groups in total. The summed E-state index contributed by atoms with van der Waals surface area (Å²) >= 11 is 1.57. The number of halogens is 1. The number of hydrogen-bond acceptors (Lipinski definition) is 4. The van der Waals surface area contributed by atoms with E-state index in [0.717, 1.165) is 35.4 Å². The summed E-state index contributed by atoms with van der Waals surface area (Å²) in [4.78, 5) is 30.0. The van der Waals surface area contributed by atoms with Gasteiger partial charge in [0, 0.05) is 13.1 Å². The SMILES string of the molecule is C[C@]1(C(=O)NCc2ccc(F)cc2)Cn2nc(-c3cccs3)cc2C(=O)N1CCC1=CCCCC1. The van der Waals surface area contributed by atoms with Gasteiger partial charge in [0.15, 0.2) is 0 Å². The summed E-state index contributed by atoms with van der Waals surface area (Å²) in [6.45, 7) is 2.82. The molecule has 3 heterocycles. The fourth-order valence-electron chi connectivity index (χ4n) is 4.90. The summed E-state index contributed by atoms with van der Waals surface area (Å²) < 4.78 is 14.9. The molecule has 2 aromatic heterocycles. The van der Waals surface area contributed by atoms with Crippen molar-refractivity contribution in [3.8, 4) is 10.6 Å². The molecular formula is C27H29FN4O2S. The summed E-state index contributed by atoms with van der Waals surface area (Å²) in [6.07, 6.45) is 7.56. The lowest BCUT2D eigenvalue weighted by atomic mass is 9.92. The first kappa shape index (κ1) is 23.5. The molecule has 8 heteroatoms. The Balaban J connectivity index is 1.42. The quantitative estimate of drug-likeness (QED) is 0.463. The first-order valence-corrected chi connectivity index (χ1v) is 13.0. The number of carbonyl (C=O) groups is 2. The molecule has 2 aliphatic rings. The zero-order valence-corrected chi connectivity index (χ0v) is 20.6. The molecule has 0 bridgehead atoms. The second-order valence-corrected chi connectivity index (χ2v) is 10.4. The van der Waals surface area contributed by atoms with Crippen LogP contribution in [0.1, 0.15) is 55.1 Å². The Labute approximate surface area is 208 Å². The zero-order valence-electron chi connectivity index (χ0n) is 19.8. The molecular weight excluding hydrogens is 463 g/mol. The van der Waals surface area contributed by atoms with Gasteiger partial charge in [-0.05, 0) is 74.2 Å². The van der Waals surface area contributed by atoms with Gasteiger partial charge in [-0.25, -0.2) is 4.39 Å². The van der Waals surface area contributed by atoms with E-state index in [0.29, 0.717) is 12.2 Å². The van der Waals surface area contributed by atoms with Crippen molar-refractivity contribution in [2.75, 3.05) is 6.54 Å². The van der Waals surface area contributed by atoms with Crippen molar-refractivity contribution in [1.29, 1.82) is 0 Å². The number of nitrogens with one attached hydrogen (secondary N) is 1. The topological polar surface area (TPSA) is 67.2 Å². The minimum Gasteiger partial charge on any atom is -0.350 e. The number of thiophene rings is 1. The average Bonchev–Trinajstić information content (AvgIpc) is 3.54. The maximum atomic E-state index is 13.7. The number of hydrogen-bond donors (Lipinski definition) is 1. The van der Waals surface area contributed by atoms with Gasteiger partial charge >= 0.3 is 0 Å². The average molecular weight is 493 g/mol. The van der Waals surface area contributed by atoms with Gasteiger partial charge < -0.3 is 10.2 Å². The third-order valence-corrected chi connectivity index (χ3v) is 7.86. The lowest BCUT2D eigenvalue weighted by molar-refractivity contribution is -0.133. The predicted molar refractivity (Wildman–Crippen MR) is 134 cm³/mol. The molecule has 0 radical (unpaired) electrons. The third-order valence-electron chi connectivity index (χ3n) is 6.97. The second-order valence-electron chi connectivity index (χ2n) is 9.45. The highest BCUT2D eigenvalue weighted by molar-refractivity contribution is 7.13. The van der Waals surface area contributed by atoms with E-state index in [2.05, 4.69) is 16.5 Å². The van der Waals surface area contributed by atoms with Crippen molar-refractivity contribution in [2.45, 2.75) is 57.7 Å². The van der Waals surface area contributed by atoms with Crippen molar-refractivity contribution >= 4 is 23.2 Å². The van der Waals surface area contributed by atoms with Crippen molar-refractivity contribution in [3.05, 3.63) is 76.6 Å². The Kier molecular flexibility index (Phi) is 6.56. The number of benzene rings is 1. The van der Waals surface area contributed by atoms with Crippen molar-refractivity contribution in [1.82, 2.24) is 20.0 Å². The van der Waals surface area contributed by atoms with E-state index in [4.69, 9.17) is 0 Å². The molecule has 2 amide bonds. The summed E-state index contributed by atoms with van der Waals surface area (Å²) in [5.41, 5.74) is 2.31. The van der Waals surface area contributed by atoms with E-state index < -0.39 is 5.54 Å². The van der Waals surface area contributed by atoms with Crippen LogP contribution in [-0.2, 0) is 17.9 Å². The third kappa shape index (κ3) is 4.80. The number of amides is 2. The molecule has 0 fully saturated rings. The highest BCUT2D eigenvalue weighted by atomic mass is 32.1. The van der Waals surface area contributed by atoms with Crippen LogP contribution in [0.2, 0.25) is 0 Å². The molecule has 3 aromatic rings. The molecule has 5 rings (SSSR count). The van der Waals surface area contributed by atoms with Gasteiger partial charge in [-0.15, -0.1) is 11.3 Å². The van der Waals surface area contributed by atoms with Crippen LogP contribution in [-0.4, -0.2) is 38.6 Å². The Morgan fingerprint density at radius 2 is 2.06 bits per heavy atom. The number of aromatic nitrogens is 2. The molecule has 1 aliphatic heterocycles. The lowest BCUT2D eigenvalue weighted by Crippen LogP contribution is -2.64. The minimum absolute atomic E-state index is 0.178. The number of fused-ring (bicyclic) bond motifs is 1. The number of allylic oxidation sites excluding steroid dienone is 1. The summed E-state index contributed by atoms with van der Waals surface area (Å²) in [5.74, 6) is -0.741. The summed E-state index contributed by atoms with van der Waals surface area (Å²) in [6, 6.07) is 11.8. The minimum atomic E-state index is -1.10. The van der Waals surface area contributed by atoms with Crippen molar-refractivity contribution in [3.63, 3.8) is 0 Å². The molecule has 1 aliphatic carbocycles. The monoisotopic (exact) mass is 492 g/mol. The molecule has 182 valence electrons. The van der Waals surface area contributed by atoms with Gasteiger partial charge in [-0.2, -0.15) is 5.10 Å². The van der Waals surface area contributed by atoms with Crippen molar-refractivity contribution < 1.29 is 14.0 Å². The van der Waals surface area contributed by atoms with Crippen LogP contribution in [0.5, 0.6) is 0 Å². The Bertz CT molecular complexity index is 1250. The van der Waals surface area contributed by atoms with Crippen LogP contribution in [0.25, 0.3) is 10.6 Å². The normalized spacial score (nSPS) is 19.9. The molecule has 35 heavy (non-hydrogen) atoms. The highest BCUT2D eigenvalue weighted by Gasteiger charge is 2.47. The molecule has 1 aromatic carbocycles. The zero-order chi connectivity index (χ0) is 24.4. The fraction of sp³-hybridized carbons (Fsp3) is 0.370.